The maximum Gasteiger partial charge on any atom is 0.337 e. The third kappa shape index (κ3) is 3.67. The van der Waals surface area contributed by atoms with Gasteiger partial charge in [-0.1, -0.05) is 17.7 Å². The van der Waals surface area contributed by atoms with Crippen molar-refractivity contribution in [3.63, 3.8) is 0 Å². The number of aromatic nitrogens is 2. The zero-order valence-electron chi connectivity index (χ0n) is 14.3. The summed E-state index contributed by atoms with van der Waals surface area (Å²) in [5.74, 6) is -1.23. The molecular weight excluding hydrogens is 390 g/mol. The van der Waals surface area contributed by atoms with Gasteiger partial charge in [-0.05, 0) is 31.2 Å². The van der Waals surface area contributed by atoms with Crippen LogP contribution in [0.15, 0.2) is 57.5 Å². The molecule has 0 saturated carbocycles. The van der Waals surface area contributed by atoms with Crippen LogP contribution in [0.4, 0.5) is 17.1 Å². The Morgan fingerprint density at radius 3 is 2.68 bits per heavy atom. The van der Waals surface area contributed by atoms with Crippen molar-refractivity contribution in [2.45, 2.75) is 6.92 Å². The number of aryl methyl sites for hydroxylation is 1. The molecular formula is C17H12ClN5O5. The summed E-state index contributed by atoms with van der Waals surface area (Å²) in [6, 6.07) is 9.60. The summed E-state index contributed by atoms with van der Waals surface area (Å²) in [7, 11) is 0. The first kappa shape index (κ1) is 19.0. The van der Waals surface area contributed by atoms with Crippen molar-refractivity contribution < 1.29 is 14.8 Å². The summed E-state index contributed by atoms with van der Waals surface area (Å²) < 4.78 is 1.11. The lowest BCUT2D eigenvalue weighted by Crippen LogP contribution is -2.14. The Hall–Kier alpha value is -3.79. The van der Waals surface area contributed by atoms with Crippen molar-refractivity contribution in [3.05, 3.63) is 79.2 Å². The van der Waals surface area contributed by atoms with Crippen LogP contribution in [0.25, 0.3) is 5.69 Å². The largest absolute Gasteiger partial charge is 0.478 e. The van der Waals surface area contributed by atoms with E-state index >= 15 is 0 Å². The molecule has 2 aromatic carbocycles. The number of hydrogen-bond acceptors (Lipinski definition) is 6. The fraction of sp³-hybridized carbons (Fsp3) is 0.0588. The van der Waals surface area contributed by atoms with Crippen molar-refractivity contribution >= 4 is 34.6 Å². The van der Waals surface area contributed by atoms with Crippen LogP contribution in [0.3, 0.4) is 0 Å². The molecule has 0 atom stereocenters. The zero-order chi connectivity index (χ0) is 20.4. The monoisotopic (exact) mass is 401 g/mol. The predicted molar refractivity (Wildman–Crippen MR) is 100 cm³/mol. The van der Waals surface area contributed by atoms with E-state index < -0.39 is 16.5 Å². The van der Waals surface area contributed by atoms with Gasteiger partial charge in [-0.15, -0.1) is 5.11 Å². The van der Waals surface area contributed by atoms with E-state index in [1.165, 1.54) is 42.5 Å². The minimum absolute atomic E-state index is 0.0154. The summed E-state index contributed by atoms with van der Waals surface area (Å²) in [4.78, 5) is 34.1. The van der Waals surface area contributed by atoms with Crippen LogP contribution in [-0.2, 0) is 0 Å². The van der Waals surface area contributed by atoms with Gasteiger partial charge in [0.1, 0.15) is 0 Å². The van der Waals surface area contributed by atoms with Gasteiger partial charge in [0.05, 0.1) is 32.6 Å². The minimum atomic E-state index is -1.23. The van der Waals surface area contributed by atoms with Crippen LogP contribution in [0.2, 0.25) is 5.02 Å². The van der Waals surface area contributed by atoms with Crippen molar-refractivity contribution in [2.24, 2.45) is 10.2 Å². The Bertz CT molecular complexity index is 1180. The van der Waals surface area contributed by atoms with Crippen molar-refractivity contribution in [1.82, 2.24) is 9.78 Å². The summed E-state index contributed by atoms with van der Waals surface area (Å²) >= 11 is 5.85. The normalized spacial score (nSPS) is 11.1. The second-order valence-electron chi connectivity index (χ2n) is 5.67. The number of rotatable bonds is 5. The highest BCUT2D eigenvalue weighted by molar-refractivity contribution is 6.33. The van der Waals surface area contributed by atoms with E-state index in [1.807, 2.05) is 0 Å². The third-order valence-electron chi connectivity index (χ3n) is 3.78. The van der Waals surface area contributed by atoms with Crippen LogP contribution >= 0.6 is 11.6 Å². The van der Waals surface area contributed by atoms with Crippen LogP contribution < -0.4 is 5.56 Å². The number of nitro groups is 1. The molecule has 0 saturated heterocycles. The van der Waals surface area contributed by atoms with Gasteiger partial charge in [0.25, 0.3) is 11.2 Å². The van der Waals surface area contributed by atoms with Gasteiger partial charge in [0, 0.05) is 12.1 Å². The summed E-state index contributed by atoms with van der Waals surface area (Å²) in [6.07, 6.45) is 0. The van der Waals surface area contributed by atoms with Crippen LogP contribution in [-0.4, -0.2) is 25.8 Å². The molecule has 2 N–H and O–H groups in total. The smallest absolute Gasteiger partial charge is 0.337 e. The number of nitro benzene ring substituents is 1. The highest BCUT2D eigenvalue weighted by Gasteiger charge is 2.15. The molecule has 11 heteroatoms. The molecule has 0 fully saturated rings. The van der Waals surface area contributed by atoms with E-state index in [1.54, 1.807) is 6.92 Å². The maximum absolute atomic E-state index is 12.6. The lowest BCUT2D eigenvalue weighted by atomic mass is 10.2. The number of nitrogens with zero attached hydrogens (tertiary/aromatic N) is 4. The predicted octanol–water partition coefficient (Wildman–Crippen LogP) is 4.15. The lowest BCUT2D eigenvalue weighted by Gasteiger charge is -2.04. The van der Waals surface area contributed by atoms with E-state index in [4.69, 9.17) is 11.6 Å². The summed E-state index contributed by atoms with van der Waals surface area (Å²) in [5.41, 5.74) is -0.0399. The second kappa shape index (κ2) is 7.45. The molecule has 1 heterocycles. The number of nitrogens with one attached hydrogen (secondary N) is 1. The molecule has 10 nitrogen and oxygen atoms in total. The number of benzene rings is 2. The minimum Gasteiger partial charge on any atom is -0.478 e. The van der Waals surface area contributed by atoms with Gasteiger partial charge in [-0.3, -0.25) is 20.0 Å². The molecule has 3 rings (SSSR count). The first-order chi connectivity index (χ1) is 13.3. The number of aromatic amines is 1. The quantitative estimate of drug-likeness (QED) is 0.375. The fourth-order valence-corrected chi connectivity index (χ4v) is 2.63. The lowest BCUT2D eigenvalue weighted by molar-refractivity contribution is -0.384. The molecule has 0 aliphatic carbocycles. The maximum atomic E-state index is 12.6. The van der Waals surface area contributed by atoms with Gasteiger partial charge in [0.15, 0.2) is 5.69 Å². The highest BCUT2D eigenvalue weighted by atomic mass is 35.5. The number of carboxylic acid groups (broad SMARTS) is 1. The van der Waals surface area contributed by atoms with Gasteiger partial charge < -0.3 is 5.11 Å². The molecule has 0 aliphatic rings. The first-order valence-corrected chi connectivity index (χ1v) is 8.16. The van der Waals surface area contributed by atoms with E-state index in [-0.39, 0.29) is 33.3 Å². The topological polar surface area (TPSA) is 143 Å². The van der Waals surface area contributed by atoms with E-state index in [0.29, 0.717) is 5.69 Å². The molecule has 0 bridgehead atoms. The number of carboxylic acids is 1. The average Bonchev–Trinajstić information content (AvgIpc) is 2.94. The Kier molecular flexibility index (Phi) is 5.05. The van der Waals surface area contributed by atoms with E-state index in [0.717, 1.165) is 4.68 Å². The Morgan fingerprint density at radius 2 is 2.00 bits per heavy atom. The number of H-pyrrole nitrogens is 1. The Morgan fingerprint density at radius 1 is 1.25 bits per heavy atom. The zero-order valence-corrected chi connectivity index (χ0v) is 15.0. The number of carbonyl (C=O) groups is 1. The Labute approximate surface area is 161 Å². The van der Waals surface area contributed by atoms with Gasteiger partial charge >= 0.3 is 5.97 Å². The van der Waals surface area contributed by atoms with Crippen molar-refractivity contribution in [2.75, 3.05) is 0 Å². The SMILES string of the molecule is Cc1[nH]n(-c2ccc(Cl)c(C(=O)O)c2)c(=O)c1N=Nc1cccc([N+](=O)[O-])c1. The number of azo groups is 1. The molecule has 0 aliphatic heterocycles. The molecule has 142 valence electrons. The van der Waals surface area contributed by atoms with Crippen LogP contribution in [0.1, 0.15) is 16.1 Å². The van der Waals surface area contributed by atoms with E-state index in [9.17, 15) is 24.8 Å². The molecule has 0 spiro atoms. The average molecular weight is 402 g/mol. The van der Waals surface area contributed by atoms with Gasteiger partial charge in [0.2, 0.25) is 0 Å². The summed E-state index contributed by atoms with van der Waals surface area (Å²) in [5, 5.41) is 30.6. The van der Waals surface area contributed by atoms with Crippen LogP contribution in [0, 0.1) is 17.0 Å². The molecule has 3 aromatic rings. The first-order valence-electron chi connectivity index (χ1n) is 7.79. The molecule has 0 unspecified atom stereocenters. The fourth-order valence-electron chi connectivity index (χ4n) is 2.43. The third-order valence-corrected chi connectivity index (χ3v) is 4.11. The van der Waals surface area contributed by atoms with Crippen molar-refractivity contribution in [1.29, 1.82) is 0 Å². The number of halogens is 1. The number of hydrogen-bond donors (Lipinski definition) is 2. The van der Waals surface area contributed by atoms with Crippen molar-refractivity contribution in [3.8, 4) is 5.69 Å². The van der Waals surface area contributed by atoms with E-state index in [2.05, 4.69) is 15.3 Å². The molecule has 1 aromatic heterocycles. The number of non-ortho nitro benzene ring substituents is 1. The Balaban J connectivity index is 2.00. The second-order valence-corrected chi connectivity index (χ2v) is 6.08. The van der Waals surface area contributed by atoms with Gasteiger partial charge in [-0.2, -0.15) is 5.11 Å². The molecule has 28 heavy (non-hydrogen) atoms. The highest BCUT2D eigenvalue weighted by Crippen LogP contribution is 2.24. The number of aromatic carboxylic acids is 1. The molecule has 0 radical (unpaired) electrons. The standard InChI is InChI=1S/C17H12ClN5O5/c1-9-15(20-19-10-3-2-4-12(7-10)23(27)28)16(24)22(21-9)11-5-6-14(18)13(8-11)17(25)26/h2-8,21H,1H3,(H,25,26). The summed E-state index contributed by atoms with van der Waals surface area (Å²) in [6.45, 7) is 1.59. The molecule has 0 amide bonds. The van der Waals surface area contributed by atoms with Crippen LogP contribution in [0.5, 0.6) is 0 Å². The van der Waals surface area contributed by atoms with Gasteiger partial charge in [-0.25, -0.2) is 9.48 Å².